The fraction of sp³-hybridized carbons (Fsp3) is 1.00. The molecule has 0 aromatic rings. The van der Waals surface area contributed by atoms with E-state index in [9.17, 15) is 0 Å². The maximum Gasteiger partial charge on any atom is 0.0701 e. The molecule has 2 aliphatic rings. The summed E-state index contributed by atoms with van der Waals surface area (Å²) in [7, 11) is 2.13. The van der Waals surface area contributed by atoms with E-state index in [2.05, 4.69) is 42.8 Å². The summed E-state index contributed by atoms with van der Waals surface area (Å²) in [6.45, 7) is 3.25. The molecule has 0 radical (unpaired) electrons. The molecule has 0 aromatic carbocycles. The van der Waals surface area contributed by atoms with E-state index in [1.807, 2.05) is 0 Å². The topological polar surface area (TPSA) is 21.3 Å². The average Bonchev–Trinajstić information content (AvgIpc) is 2.44. The predicted molar refractivity (Wildman–Crippen MR) is 88.4 cm³/mol. The first-order valence-corrected chi connectivity index (χ1v) is 10.1. The largest absolute Gasteiger partial charge is 0.375 e. The molecule has 2 aliphatic heterocycles. The van der Waals surface area contributed by atoms with Crippen molar-refractivity contribution >= 4 is 23.5 Å². The lowest BCUT2D eigenvalue weighted by molar-refractivity contribution is -0.105. The number of rotatable bonds is 6. The first-order valence-electron chi connectivity index (χ1n) is 7.76. The van der Waals surface area contributed by atoms with E-state index in [1.54, 1.807) is 0 Å². The second kappa shape index (κ2) is 8.16. The van der Waals surface area contributed by atoms with Gasteiger partial charge in [-0.3, -0.25) is 0 Å². The molecule has 0 amide bonds. The summed E-state index contributed by atoms with van der Waals surface area (Å²) in [6.07, 6.45) is 6.36. The number of hydrogen-bond donors (Lipinski definition) is 1. The van der Waals surface area contributed by atoms with Crippen LogP contribution in [0.5, 0.6) is 0 Å². The molecule has 0 aromatic heterocycles. The number of thioether (sulfide) groups is 2. The maximum atomic E-state index is 6.21. The second-order valence-corrected chi connectivity index (χ2v) is 8.24. The lowest BCUT2D eigenvalue weighted by atomic mass is 9.79. The standard InChI is InChI=1S/C15H29NOS2/c1-3-8-19-12-14(16-2)13-4-7-17-15(11-13)5-9-18-10-6-15/h13-14,16H,3-12H2,1-2H3. The highest BCUT2D eigenvalue weighted by atomic mass is 32.2. The molecule has 19 heavy (non-hydrogen) atoms. The fourth-order valence-corrected chi connectivity index (χ4v) is 5.70. The molecule has 2 atom stereocenters. The Kier molecular flexibility index (Phi) is 6.87. The van der Waals surface area contributed by atoms with Crippen LogP contribution in [0.1, 0.15) is 39.0 Å². The van der Waals surface area contributed by atoms with Gasteiger partial charge in [0.25, 0.3) is 0 Å². The van der Waals surface area contributed by atoms with Crippen LogP contribution < -0.4 is 5.32 Å². The third-order valence-electron chi connectivity index (χ3n) is 4.52. The number of ether oxygens (including phenoxy) is 1. The minimum absolute atomic E-state index is 0.235. The van der Waals surface area contributed by atoms with Crippen molar-refractivity contribution in [2.24, 2.45) is 5.92 Å². The van der Waals surface area contributed by atoms with Crippen LogP contribution in [0.4, 0.5) is 0 Å². The summed E-state index contributed by atoms with van der Waals surface area (Å²) in [5.41, 5.74) is 0.235. The van der Waals surface area contributed by atoms with Crippen molar-refractivity contribution < 1.29 is 4.74 Å². The van der Waals surface area contributed by atoms with Crippen LogP contribution in [0, 0.1) is 5.92 Å². The molecule has 2 fully saturated rings. The molecule has 2 unspecified atom stereocenters. The molecular formula is C15H29NOS2. The van der Waals surface area contributed by atoms with E-state index >= 15 is 0 Å². The summed E-state index contributed by atoms with van der Waals surface area (Å²) in [6, 6.07) is 0.673. The number of hydrogen-bond acceptors (Lipinski definition) is 4. The van der Waals surface area contributed by atoms with Crippen LogP contribution in [0.15, 0.2) is 0 Å². The van der Waals surface area contributed by atoms with Gasteiger partial charge in [0.2, 0.25) is 0 Å². The molecule has 0 bridgehead atoms. The molecule has 2 saturated heterocycles. The van der Waals surface area contributed by atoms with Gasteiger partial charge >= 0.3 is 0 Å². The average molecular weight is 304 g/mol. The minimum atomic E-state index is 0.235. The van der Waals surface area contributed by atoms with Gasteiger partial charge in [-0.05, 0) is 62.3 Å². The summed E-state index contributed by atoms with van der Waals surface area (Å²) in [5.74, 6) is 5.96. The van der Waals surface area contributed by atoms with Crippen molar-refractivity contribution in [3.05, 3.63) is 0 Å². The monoisotopic (exact) mass is 303 g/mol. The number of nitrogens with one attached hydrogen (secondary N) is 1. The zero-order valence-electron chi connectivity index (χ0n) is 12.5. The van der Waals surface area contributed by atoms with Gasteiger partial charge in [0, 0.05) is 18.4 Å². The molecule has 0 saturated carbocycles. The van der Waals surface area contributed by atoms with Gasteiger partial charge < -0.3 is 10.1 Å². The zero-order chi connectivity index (χ0) is 13.6. The van der Waals surface area contributed by atoms with Crippen molar-refractivity contribution in [3.8, 4) is 0 Å². The van der Waals surface area contributed by atoms with Gasteiger partial charge in [0.15, 0.2) is 0 Å². The van der Waals surface area contributed by atoms with E-state index in [4.69, 9.17) is 4.74 Å². The molecule has 0 aliphatic carbocycles. The first-order chi connectivity index (χ1) is 9.29. The van der Waals surface area contributed by atoms with E-state index in [1.165, 1.54) is 55.1 Å². The Morgan fingerprint density at radius 1 is 1.42 bits per heavy atom. The Balaban J connectivity index is 1.87. The fourth-order valence-electron chi connectivity index (χ4n) is 3.31. The normalized spacial score (nSPS) is 28.4. The Morgan fingerprint density at radius 3 is 2.89 bits per heavy atom. The van der Waals surface area contributed by atoms with Gasteiger partial charge in [0.1, 0.15) is 0 Å². The lowest BCUT2D eigenvalue weighted by Crippen LogP contribution is -2.48. The minimum Gasteiger partial charge on any atom is -0.375 e. The Bertz CT molecular complexity index is 251. The Labute approximate surface area is 127 Å². The molecule has 4 heteroatoms. The molecular weight excluding hydrogens is 274 g/mol. The van der Waals surface area contributed by atoms with E-state index < -0.39 is 0 Å². The highest BCUT2D eigenvalue weighted by Crippen LogP contribution is 2.40. The van der Waals surface area contributed by atoms with Crippen LogP contribution in [0.25, 0.3) is 0 Å². The molecule has 2 heterocycles. The first kappa shape index (κ1) is 16.0. The smallest absolute Gasteiger partial charge is 0.0701 e. The molecule has 1 spiro atoms. The third-order valence-corrected chi connectivity index (χ3v) is 6.80. The third kappa shape index (κ3) is 4.55. The molecule has 2 rings (SSSR count). The van der Waals surface area contributed by atoms with Crippen molar-refractivity contribution in [1.82, 2.24) is 5.32 Å². The van der Waals surface area contributed by atoms with Gasteiger partial charge in [-0.1, -0.05) is 6.92 Å². The lowest BCUT2D eigenvalue weighted by Gasteiger charge is -2.45. The summed E-state index contributed by atoms with van der Waals surface area (Å²) < 4.78 is 6.21. The van der Waals surface area contributed by atoms with Crippen LogP contribution in [0.2, 0.25) is 0 Å². The van der Waals surface area contributed by atoms with Crippen molar-refractivity contribution in [1.29, 1.82) is 0 Å². The van der Waals surface area contributed by atoms with Gasteiger partial charge in [-0.2, -0.15) is 23.5 Å². The molecule has 2 nitrogen and oxygen atoms in total. The van der Waals surface area contributed by atoms with E-state index in [-0.39, 0.29) is 5.60 Å². The highest BCUT2D eigenvalue weighted by molar-refractivity contribution is 7.99. The highest BCUT2D eigenvalue weighted by Gasteiger charge is 2.40. The summed E-state index contributed by atoms with van der Waals surface area (Å²) >= 11 is 4.20. The van der Waals surface area contributed by atoms with Crippen LogP contribution in [-0.2, 0) is 4.74 Å². The second-order valence-electron chi connectivity index (χ2n) is 5.87. The van der Waals surface area contributed by atoms with Crippen molar-refractivity contribution in [2.45, 2.75) is 50.7 Å². The van der Waals surface area contributed by atoms with Crippen molar-refractivity contribution in [2.75, 3.05) is 36.7 Å². The van der Waals surface area contributed by atoms with Crippen LogP contribution >= 0.6 is 23.5 Å². The van der Waals surface area contributed by atoms with E-state index in [0.717, 1.165) is 12.5 Å². The molecule has 112 valence electrons. The maximum absolute atomic E-state index is 6.21. The van der Waals surface area contributed by atoms with Crippen molar-refractivity contribution in [3.63, 3.8) is 0 Å². The predicted octanol–water partition coefficient (Wildman–Crippen LogP) is 3.41. The van der Waals surface area contributed by atoms with Crippen LogP contribution in [-0.4, -0.2) is 48.3 Å². The van der Waals surface area contributed by atoms with Gasteiger partial charge in [-0.15, -0.1) is 0 Å². The van der Waals surface area contributed by atoms with Gasteiger partial charge in [0.05, 0.1) is 5.60 Å². The van der Waals surface area contributed by atoms with Gasteiger partial charge in [-0.25, -0.2) is 0 Å². The zero-order valence-corrected chi connectivity index (χ0v) is 14.1. The Hall–Kier alpha value is 0.620. The SMILES string of the molecule is CCCSCC(NC)C1CCOC2(CCSCC2)C1. The quantitative estimate of drug-likeness (QED) is 0.759. The van der Waals surface area contributed by atoms with Crippen LogP contribution in [0.3, 0.4) is 0 Å². The Morgan fingerprint density at radius 2 is 2.21 bits per heavy atom. The van der Waals surface area contributed by atoms with E-state index in [0.29, 0.717) is 6.04 Å². The summed E-state index contributed by atoms with van der Waals surface area (Å²) in [4.78, 5) is 0. The summed E-state index contributed by atoms with van der Waals surface area (Å²) in [5, 5.41) is 3.57. The molecule has 1 N–H and O–H groups in total.